The maximum Gasteiger partial charge on any atom is 0.192 e. The zero-order valence-electron chi connectivity index (χ0n) is 10.3. The Balaban J connectivity index is 2.55. The fourth-order valence-electron chi connectivity index (χ4n) is 1.22. The fourth-order valence-corrected chi connectivity index (χ4v) is 1.96. The second-order valence-corrected chi connectivity index (χ2v) is 4.28. The molecule has 0 bridgehead atoms. The summed E-state index contributed by atoms with van der Waals surface area (Å²) in [4.78, 5) is 8.87. The molecule has 17 heavy (non-hydrogen) atoms. The van der Waals surface area contributed by atoms with Crippen LogP contribution in [0.3, 0.4) is 0 Å². The lowest BCUT2D eigenvalue weighted by Crippen LogP contribution is -2.37. The second kappa shape index (κ2) is 7.69. The number of aliphatic imine (C=N–C) groups is 1. The highest BCUT2D eigenvalue weighted by Crippen LogP contribution is 2.10. The van der Waals surface area contributed by atoms with Crippen molar-refractivity contribution in [3.8, 4) is 12.3 Å². The van der Waals surface area contributed by atoms with Gasteiger partial charge in [-0.3, -0.25) is 0 Å². The van der Waals surface area contributed by atoms with Gasteiger partial charge in [-0.1, -0.05) is 12.8 Å². The van der Waals surface area contributed by atoms with Gasteiger partial charge < -0.3 is 10.6 Å². The van der Waals surface area contributed by atoms with Crippen molar-refractivity contribution in [3.05, 3.63) is 16.1 Å². The summed E-state index contributed by atoms with van der Waals surface area (Å²) < 4.78 is 0. The van der Waals surface area contributed by atoms with E-state index in [0.29, 0.717) is 13.1 Å². The number of guanidine groups is 1. The van der Waals surface area contributed by atoms with Crippen molar-refractivity contribution >= 4 is 17.3 Å². The SMILES string of the molecule is C#CCNC(=NCc1csc(CC)n1)NCC. The fraction of sp³-hybridized carbons (Fsp3) is 0.500. The predicted molar refractivity (Wildman–Crippen MR) is 73.1 cm³/mol. The van der Waals surface area contributed by atoms with Gasteiger partial charge in [0.1, 0.15) is 0 Å². The first-order valence-corrected chi connectivity index (χ1v) is 6.57. The van der Waals surface area contributed by atoms with Gasteiger partial charge in [0.2, 0.25) is 0 Å². The van der Waals surface area contributed by atoms with E-state index >= 15 is 0 Å². The van der Waals surface area contributed by atoms with Crippen molar-refractivity contribution in [3.63, 3.8) is 0 Å². The highest BCUT2D eigenvalue weighted by Gasteiger charge is 2.00. The Morgan fingerprint density at radius 3 is 2.94 bits per heavy atom. The highest BCUT2D eigenvalue weighted by atomic mass is 32.1. The van der Waals surface area contributed by atoms with Crippen LogP contribution in [0, 0.1) is 12.3 Å². The van der Waals surface area contributed by atoms with Crippen molar-refractivity contribution in [1.29, 1.82) is 0 Å². The molecule has 0 atom stereocenters. The average molecular weight is 250 g/mol. The van der Waals surface area contributed by atoms with Crippen molar-refractivity contribution in [2.75, 3.05) is 13.1 Å². The summed E-state index contributed by atoms with van der Waals surface area (Å²) in [6.45, 7) is 5.99. The zero-order chi connectivity index (χ0) is 12.5. The lowest BCUT2D eigenvalue weighted by atomic mass is 10.5. The molecule has 0 aliphatic carbocycles. The molecule has 0 radical (unpaired) electrons. The van der Waals surface area contributed by atoms with Crippen LogP contribution in [0.15, 0.2) is 10.4 Å². The summed E-state index contributed by atoms with van der Waals surface area (Å²) in [5.74, 6) is 3.26. The minimum Gasteiger partial charge on any atom is -0.357 e. The van der Waals surface area contributed by atoms with Crippen molar-refractivity contribution in [1.82, 2.24) is 15.6 Å². The Bertz CT molecular complexity index is 403. The number of rotatable bonds is 5. The lowest BCUT2D eigenvalue weighted by Gasteiger charge is -2.07. The van der Waals surface area contributed by atoms with Crippen LogP contribution in [0.25, 0.3) is 0 Å². The first-order chi connectivity index (χ1) is 8.30. The van der Waals surface area contributed by atoms with Gasteiger partial charge in [0.05, 0.1) is 23.8 Å². The van der Waals surface area contributed by atoms with E-state index in [9.17, 15) is 0 Å². The van der Waals surface area contributed by atoms with Crippen molar-refractivity contribution < 1.29 is 0 Å². The Kier molecular flexibility index (Phi) is 6.12. The third-order valence-electron chi connectivity index (χ3n) is 2.00. The first kappa shape index (κ1) is 13.5. The maximum atomic E-state index is 5.20. The van der Waals surface area contributed by atoms with Crippen LogP contribution in [0.1, 0.15) is 24.5 Å². The highest BCUT2D eigenvalue weighted by molar-refractivity contribution is 7.09. The summed E-state index contributed by atoms with van der Waals surface area (Å²) in [5, 5.41) is 9.37. The minimum absolute atomic E-state index is 0.475. The Labute approximate surface area is 107 Å². The molecule has 0 aromatic carbocycles. The molecule has 0 unspecified atom stereocenters. The normalized spacial score (nSPS) is 11.0. The van der Waals surface area contributed by atoms with Crippen molar-refractivity contribution in [2.24, 2.45) is 4.99 Å². The largest absolute Gasteiger partial charge is 0.357 e. The molecule has 4 nitrogen and oxygen atoms in total. The molecule has 0 fully saturated rings. The molecular formula is C12H18N4S. The van der Waals surface area contributed by atoms with E-state index in [-0.39, 0.29) is 0 Å². The van der Waals surface area contributed by atoms with Gasteiger partial charge >= 0.3 is 0 Å². The Hall–Kier alpha value is -1.54. The molecule has 0 saturated carbocycles. The molecule has 1 aromatic heterocycles. The Morgan fingerprint density at radius 2 is 2.35 bits per heavy atom. The number of aryl methyl sites for hydroxylation is 1. The third-order valence-corrected chi connectivity index (χ3v) is 3.05. The van der Waals surface area contributed by atoms with Crippen molar-refractivity contribution in [2.45, 2.75) is 26.8 Å². The molecule has 2 N–H and O–H groups in total. The molecule has 1 heterocycles. The van der Waals surface area contributed by atoms with Gasteiger partial charge in [0.25, 0.3) is 0 Å². The van der Waals surface area contributed by atoms with E-state index in [1.807, 2.05) is 12.3 Å². The van der Waals surface area contributed by atoms with E-state index in [0.717, 1.165) is 29.6 Å². The van der Waals surface area contributed by atoms with Crippen LogP contribution in [-0.2, 0) is 13.0 Å². The van der Waals surface area contributed by atoms with Gasteiger partial charge in [0, 0.05) is 11.9 Å². The van der Waals surface area contributed by atoms with Crippen LogP contribution in [0.5, 0.6) is 0 Å². The van der Waals surface area contributed by atoms with Crippen LogP contribution in [0.4, 0.5) is 0 Å². The molecule has 0 aliphatic heterocycles. The number of hydrogen-bond acceptors (Lipinski definition) is 3. The quantitative estimate of drug-likeness (QED) is 0.472. The molecule has 5 heteroatoms. The molecule has 0 aliphatic rings. The number of nitrogens with one attached hydrogen (secondary N) is 2. The maximum absolute atomic E-state index is 5.20. The summed E-state index contributed by atoms with van der Waals surface area (Å²) in [6.07, 6.45) is 6.17. The second-order valence-electron chi connectivity index (χ2n) is 3.34. The molecule has 1 rings (SSSR count). The monoisotopic (exact) mass is 250 g/mol. The van der Waals surface area contributed by atoms with Gasteiger partial charge in [-0.15, -0.1) is 17.8 Å². The summed E-state index contributed by atoms with van der Waals surface area (Å²) in [7, 11) is 0. The first-order valence-electron chi connectivity index (χ1n) is 5.69. The zero-order valence-corrected chi connectivity index (χ0v) is 11.1. The molecule has 0 amide bonds. The summed E-state index contributed by atoms with van der Waals surface area (Å²) in [5.41, 5.74) is 1.00. The van der Waals surface area contributed by atoms with Gasteiger partial charge in [0.15, 0.2) is 5.96 Å². The Morgan fingerprint density at radius 1 is 1.53 bits per heavy atom. The standard InChI is InChI=1S/C12H18N4S/c1-4-7-14-12(13-6-3)15-8-10-9-17-11(5-2)16-10/h1,9H,5-8H2,2-3H3,(H2,13,14,15). The average Bonchev–Trinajstić information content (AvgIpc) is 2.80. The van der Waals surface area contributed by atoms with E-state index < -0.39 is 0 Å². The van der Waals surface area contributed by atoms with Gasteiger partial charge in [-0.2, -0.15) is 0 Å². The predicted octanol–water partition coefficient (Wildman–Crippen LogP) is 1.39. The van der Waals surface area contributed by atoms with E-state index in [1.54, 1.807) is 11.3 Å². The molecule has 1 aromatic rings. The van der Waals surface area contributed by atoms with E-state index in [4.69, 9.17) is 6.42 Å². The topological polar surface area (TPSA) is 49.3 Å². The number of aromatic nitrogens is 1. The number of thiazole rings is 1. The van der Waals surface area contributed by atoms with Crippen LogP contribution in [-0.4, -0.2) is 24.0 Å². The van der Waals surface area contributed by atoms with Crippen LogP contribution in [0.2, 0.25) is 0 Å². The minimum atomic E-state index is 0.475. The molecule has 0 spiro atoms. The van der Waals surface area contributed by atoms with Gasteiger partial charge in [-0.05, 0) is 13.3 Å². The number of nitrogens with zero attached hydrogens (tertiary/aromatic N) is 2. The number of terminal acetylenes is 1. The summed E-state index contributed by atoms with van der Waals surface area (Å²) in [6, 6.07) is 0. The van der Waals surface area contributed by atoms with Crippen LogP contribution < -0.4 is 10.6 Å². The number of hydrogen-bond donors (Lipinski definition) is 2. The molecule has 0 saturated heterocycles. The third kappa shape index (κ3) is 4.87. The summed E-state index contributed by atoms with van der Waals surface area (Å²) >= 11 is 1.68. The van der Waals surface area contributed by atoms with Crippen LogP contribution >= 0.6 is 11.3 Å². The molecular weight excluding hydrogens is 232 g/mol. The lowest BCUT2D eigenvalue weighted by molar-refractivity contribution is 0.857. The van der Waals surface area contributed by atoms with E-state index in [2.05, 4.69) is 33.5 Å². The van der Waals surface area contributed by atoms with Gasteiger partial charge in [-0.25, -0.2) is 9.98 Å². The van der Waals surface area contributed by atoms with E-state index in [1.165, 1.54) is 0 Å². The molecule has 92 valence electrons. The smallest absolute Gasteiger partial charge is 0.192 e.